The third kappa shape index (κ3) is 6.30. The molecule has 2 fully saturated rings. The summed E-state index contributed by atoms with van der Waals surface area (Å²) in [5.41, 5.74) is 0.954. The van der Waals surface area contributed by atoms with Crippen LogP contribution in [0.1, 0.15) is 108 Å². The lowest BCUT2D eigenvalue weighted by Gasteiger charge is -2.32. The van der Waals surface area contributed by atoms with Crippen LogP contribution in [0, 0.1) is 0 Å². The zero-order chi connectivity index (χ0) is 31.7. The topological polar surface area (TPSA) is 72.5 Å². The lowest BCUT2D eigenvalue weighted by molar-refractivity contribution is 0.00578. The molecule has 228 valence electrons. The van der Waals surface area contributed by atoms with Crippen molar-refractivity contribution in [3.05, 3.63) is 47.5 Å². The highest BCUT2D eigenvalue weighted by Crippen LogP contribution is 2.39. The number of carbonyl (C=O) groups excluding carboxylic acids is 1. The van der Waals surface area contributed by atoms with E-state index in [2.05, 4.69) is 41.5 Å². The summed E-state index contributed by atoms with van der Waals surface area (Å²) in [6, 6.07) is 11.3. The first kappa shape index (κ1) is 32.6. The number of rotatable bonds is 4. The summed E-state index contributed by atoms with van der Waals surface area (Å²) in [6.07, 6.45) is -0.808. The first-order valence-electron chi connectivity index (χ1n) is 14.8. The minimum Gasteiger partial charge on any atom is -0.399 e. The summed E-state index contributed by atoms with van der Waals surface area (Å²) >= 11 is 0. The molecule has 0 aromatic heterocycles. The highest BCUT2D eigenvalue weighted by atomic mass is 16.7. The standard InChI is InChI=1S/C33H48B2O7/c1-28(2,3)23-19-21(34-39-30(7,8)31(9,10)40-34)15-17-25(23)37-27(36)38-26-18-16-22(20-24(26)29(4,5)6)35-41-32(11,12)33(13,14)42-35/h15-20H,1-14H3. The Hall–Kier alpha value is -2.32. The molecule has 0 unspecified atom stereocenters. The minimum absolute atomic E-state index is 0.323. The highest BCUT2D eigenvalue weighted by Gasteiger charge is 2.53. The van der Waals surface area contributed by atoms with Gasteiger partial charge in [-0.3, -0.25) is 0 Å². The molecule has 0 radical (unpaired) electrons. The number of hydrogen-bond acceptors (Lipinski definition) is 7. The first-order chi connectivity index (χ1) is 18.9. The molecule has 9 heteroatoms. The molecule has 0 amide bonds. The second kappa shape index (κ2) is 10.4. The van der Waals surface area contributed by atoms with Crippen molar-refractivity contribution in [3.8, 4) is 11.5 Å². The smallest absolute Gasteiger partial charge is 0.399 e. The quantitative estimate of drug-likeness (QED) is 0.234. The summed E-state index contributed by atoms with van der Waals surface area (Å²) in [7, 11) is -1.04. The molecule has 2 saturated heterocycles. The van der Waals surface area contributed by atoms with Gasteiger partial charge in [0, 0.05) is 11.1 Å². The zero-order valence-electron chi connectivity index (χ0n) is 28.0. The summed E-state index contributed by atoms with van der Waals surface area (Å²) in [6.45, 7) is 28.6. The molecule has 4 rings (SSSR count). The Bertz CT molecular complexity index is 1220. The average molecular weight is 578 g/mol. The van der Waals surface area contributed by atoms with Gasteiger partial charge < -0.3 is 28.1 Å². The molecule has 7 nitrogen and oxygen atoms in total. The van der Waals surface area contributed by atoms with Crippen molar-refractivity contribution in [1.82, 2.24) is 0 Å². The molecule has 42 heavy (non-hydrogen) atoms. The maximum absolute atomic E-state index is 13.2. The predicted molar refractivity (Wildman–Crippen MR) is 168 cm³/mol. The van der Waals surface area contributed by atoms with Crippen molar-refractivity contribution < 1.29 is 32.9 Å². The fourth-order valence-electron chi connectivity index (χ4n) is 4.90. The lowest BCUT2D eigenvalue weighted by atomic mass is 9.75. The van der Waals surface area contributed by atoms with Crippen LogP contribution in [-0.4, -0.2) is 42.8 Å². The minimum atomic E-state index is -0.808. The van der Waals surface area contributed by atoms with E-state index in [-0.39, 0.29) is 10.8 Å². The van der Waals surface area contributed by atoms with Gasteiger partial charge in [-0.1, -0.05) is 65.8 Å². The van der Waals surface area contributed by atoms with E-state index in [1.54, 1.807) is 12.1 Å². The third-order valence-corrected chi connectivity index (χ3v) is 9.06. The van der Waals surface area contributed by atoms with Crippen LogP contribution < -0.4 is 20.4 Å². The van der Waals surface area contributed by atoms with E-state index in [1.807, 2.05) is 79.7 Å². The summed E-state index contributed by atoms with van der Waals surface area (Å²) < 4.78 is 36.7. The van der Waals surface area contributed by atoms with Gasteiger partial charge in [-0.25, -0.2) is 4.79 Å². The molecular weight excluding hydrogens is 530 g/mol. The lowest BCUT2D eigenvalue weighted by Crippen LogP contribution is -2.41. The van der Waals surface area contributed by atoms with Crippen LogP contribution >= 0.6 is 0 Å². The van der Waals surface area contributed by atoms with Gasteiger partial charge in [-0.15, -0.1) is 0 Å². The van der Waals surface area contributed by atoms with E-state index in [9.17, 15) is 4.79 Å². The van der Waals surface area contributed by atoms with Crippen LogP contribution in [0.5, 0.6) is 11.5 Å². The van der Waals surface area contributed by atoms with E-state index < -0.39 is 42.8 Å². The molecule has 2 aliphatic heterocycles. The van der Waals surface area contributed by atoms with Gasteiger partial charge in [0.25, 0.3) is 0 Å². The molecule has 2 aliphatic rings. The van der Waals surface area contributed by atoms with Crippen molar-refractivity contribution >= 4 is 31.3 Å². The van der Waals surface area contributed by atoms with Crippen molar-refractivity contribution in [1.29, 1.82) is 0 Å². The van der Waals surface area contributed by atoms with Gasteiger partial charge in [0.2, 0.25) is 0 Å². The molecule has 0 atom stereocenters. The van der Waals surface area contributed by atoms with Crippen molar-refractivity contribution in [2.75, 3.05) is 0 Å². The SMILES string of the molecule is CC(C)(C)c1cc(B2OC(C)(C)C(C)(C)O2)ccc1OC(=O)Oc1ccc(B2OC(C)(C)C(C)(C)O2)cc1C(C)(C)C. The Labute approximate surface area is 253 Å². The van der Waals surface area contributed by atoms with Gasteiger partial charge in [0.05, 0.1) is 22.4 Å². The normalized spacial score (nSPS) is 21.0. The molecule has 0 spiro atoms. The van der Waals surface area contributed by atoms with E-state index >= 15 is 0 Å². The molecule has 0 aliphatic carbocycles. The van der Waals surface area contributed by atoms with Crippen LogP contribution in [0.3, 0.4) is 0 Å². The molecule has 0 N–H and O–H groups in total. The zero-order valence-corrected chi connectivity index (χ0v) is 28.0. The van der Waals surface area contributed by atoms with E-state index in [1.165, 1.54) is 0 Å². The monoisotopic (exact) mass is 578 g/mol. The van der Waals surface area contributed by atoms with Crippen LogP contribution in [-0.2, 0) is 29.4 Å². The third-order valence-electron chi connectivity index (χ3n) is 9.06. The van der Waals surface area contributed by atoms with Crippen molar-refractivity contribution in [2.24, 2.45) is 0 Å². The maximum atomic E-state index is 13.2. The van der Waals surface area contributed by atoms with E-state index in [0.29, 0.717) is 11.5 Å². The van der Waals surface area contributed by atoms with Gasteiger partial charge in [0.15, 0.2) is 0 Å². The highest BCUT2D eigenvalue weighted by molar-refractivity contribution is 6.62. The molecule has 0 saturated carbocycles. The molecule has 2 aromatic carbocycles. The first-order valence-corrected chi connectivity index (χ1v) is 14.8. The number of benzene rings is 2. The van der Waals surface area contributed by atoms with Crippen LogP contribution in [0.25, 0.3) is 0 Å². The molecule has 0 bridgehead atoms. The largest absolute Gasteiger partial charge is 0.519 e. The number of ether oxygens (including phenoxy) is 2. The molecule has 2 aromatic rings. The van der Waals surface area contributed by atoms with Gasteiger partial charge in [0.1, 0.15) is 11.5 Å². The van der Waals surface area contributed by atoms with Gasteiger partial charge in [-0.05, 0) is 89.3 Å². The maximum Gasteiger partial charge on any atom is 0.519 e. The summed E-state index contributed by atoms with van der Waals surface area (Å²) in [5, 5.41) is 0. The summed E-state index contributed by atoms with van der Waals surface area (Å²) in [5.74, 6) is 0.859. The fourth-order valence-corrected chi connectivity index (χ4v) is 4.90. The average Bonchev–Trinajstić information content (AvgIpc) is 3.17. The van der Waals surface area contributed by atoms with Gasteiger partial charge >= 0.3 is 20.4 Å². The summed E-state index contributed by atoms with van der Waals surface area (Å²) in [4.78, 5) is 13.2. The Balaban J connectivity index is 1.58. The van der Waals surface area contributed by atoms with Crippen LogP contribution in [0.4, 0.5) is 4.79 Å². The number of hydrogen-bond donors (Lipinski definition) is 0. The second-order valence-electron chi connectivity index (χ2n) is 15.6. The molecular formula is C33H48B2O7. The Kier molecular flexibility index (Phi) is 8.07. The molecule has 2 heterocycles. The van der Waals surface area contributed by atoms with E-state index in [4.69, 9.17) is 28.1 Å². The van der Waals surface area contributed by atoms with Crippen LogP contribution in [0.15, 0.2) is 36.4 Å². The van der Waals surface area contributed by atoms with Gasteiger partial charge in [-0.2, -0.15) is 0 Å². The fraction of sp³-hybridized carbons (Fsp3) is 0.606. The Morgan fingerprint density at radius 3 is 1.12 bits per heavy atom. The van der Waals surface area contributed by atoms with E-state index in [0.717, 1.165) is 22.1 Å². The van der Waals surface area contributed by atoms with Crippen molar-refractivity contribution in [3.63, 3.8) is 0 Å². The predicted octanol–water partition coefficient (Wildman–Crippen LogP) is 6.46. The Morgan fingerprint density at radius 2 is 0.857 bits per heavy atom. The number of carbonyl (C=O) groups is 1. The van der Waals surface area contributed by atoms with Crippen LogP contribution in [0.2, 0.25) is 0 Å². The second-order valence-corrected chi connectivity index (χ2v) is 15.6. The Morgan fingerprint density at radius 1 is 0.571 bits per heavy atom. The van der Waals surface area contributed by atoms with Crippen molar-refractivity contribution in [2.45, 2.75) is 130 Å².